The van der Waals surface area contributed by atoms with Crippen molar-refractivity contribution < 1.29 is 19.2 Å². The normalized spacial score (nSPS) is 17.0. The lowest BCUT2D eigenvalue weighted by Gasteiger charge is -2.22. The van der Waals surface area contributed by atoms with Gasteiger partial charge in [0.25, 0.3) is 0 Å². The van der Waals surface area contributed by atoms with Gasteiger partial charge in [-0.3, -0.25) is 19.2 Å². The first-order valence-corrected chi connectivity index (χ1v) is 22.8. The maximum atomic E-state index is 14.0. The second kappa shape index (κ2) is 11.7. The molecule has 7 heteroatoms. The summed E-state index contributed by atoms with van der Waals surface area (Å²) in [7, 11) is 0. The lowest BCUT2D eigenvalue weighted by atomic mass is 9.80. The molecular weight excluding hydrogens is 809 g/mol. The Kier molecular flexibility index (Phi) is 6.79. The molecule has 0 saturated heterocycles. The van der Waals surface area contributed by atoms with E-state index in [2.05, 4.69) is 88.4 Å². The number of ketones is 4. The van der Waals surface area contributed by atoms with Gasteiger partial charge in [0.15, 0.2) is 23.1 Å². The molecule has 0 spiro atoms. The zero-order chi connectivity index (χ0) is 41.4. The van der Waals surface area contributed by atoms with Crippen LogP contribution >= 0.6 is 34.0 Å². The highest BCUT2D eigenvalue weighted by Crippen LogP contribution is 2.63. The molecule has 0 radical (unpaired) electrons. The molecule has 0 saturated carbocycles. The highest BCUT2D eigenvalue weighted by atomic mass is 32.1. The number of rotatable bonds is 2. The van der Waals surface area contributed by atoms with Gasteiger partial charge in [0.05, 0.1) is 25.4 Å². The molecule has 0 N–H and O–H groups in total. The lowest BCUT2D eigenvalue weighted by Crippen LogP contribution is -2.17. The quantitative estimate of drug-likeness (QED) is 0.0988. The molecule has 0 unspecified atom stereocenters. The summed E-state index contributed by atoms with van der Waals surface area (Å²) < 4.78 is 2.53. The van der Waals surface area contributed by atoms with Crippen LogP contribution in [0.4, 0.5) is 0 Å². The highest BCUT2D eigenvalue weighted by molar-refractivity contribution is 7.32. The summed E-state index contributed by atoms with van der Waals surface area (Å²) in [5.74, 6) is -0.870. The van der Waals surface area contributed by atoms with Gasteiger partial charge >= 0.3 is 0 Å². The first-order chi connectivity index (χ1) is 29.3. The first-order valence-electron chi connectivity index (χ1n) is 20.4. The second-order valence-corrected chi connectivity index (χ2v) is 21.0. The molecule has 0 fully saturated rings. The van der Waals surface area contributed by atoms with Crippen molar-refractivity contribution in [2.24, 2.45) is 0 Å². The molecule has 6 aromatic carbocycles. The fourth-order valence-corrected chi connectivity index (χ4v) is 15.3. The molecule has 3 aromatic heterocycles. The van der Waals surface area contributed by atoms with E-state index in [-0.39, 0.29) is 39.7 Å². The van der Waals surface area contributed by atoms with Gasteiger partial charge in [-0.1, -0.05) is 76.2 Å². The van der Waals surface area contributed by atoms with Gasteiger partial charge in [0, 0.05) is 47.7 Å². The van der Waals surface area contributed by atoms with E-state index in [1.807, 2.05) is 65.9 Å². The Labute approximate surface area is 361 Å². The van der Waals surface area contributed by atoms with E-state index < -0.39 is 5.41 Å². The van der Waals surface area contributed by atoms with Crippen molar-refractivity contribution in [1.82, 2.24) is 0 Å². The number of hydrogen-bond acceptors (Lipinski definition) is 7. The summed E-state index contributed by atoms with van der Waals surface area (Å²) in [4.78, 5) is 60.1. The number of benzene rings is 6. The monoisotopic (exact) mass is 840 g/mol. The van der Waals surface area contributed by atoms with E-state index in [1.165, 1.54) is 40.7 Å². The van der Waals surface area contributed by atoms with E-state index in [1.54, 1.807) is 28.7 Å². The van der Waals surface area contributed by atoms with Crippen LogP contribution in [0, 0.1) is 0 Å². The highest BCUT2D eigenvalue weighted by Gasteiger charge is 2.45. The van der Waals surface area contributed by atoms with Gasteiger partial charge in [-0.25, -0.2) is 0 Å². The molecule has 0 amide bonds. The zero-order valence-electron chi connectivity index (χ0n) is 33.4. The summed E-state index contributed by atoms with van der Waals surface area (Å²) in [5.41, 5.74) is 6.34. The lowest BCUT2D eigenvalue weighted by molar-refractivity contribution is 0.0974. The van der Waals surface area contributed by atoms with E-state index >= 15 is 0 Å². The minimum absolute atomic E-state index is 0.216. The van der Waals surface area contributed by atoms with Gasteiger partial charge in [0.2, 0.25) is 0 Å². The predicted octanol–water partition coefficient (Wildman–Crippen LogP) is 14.1. The number of Topliss-reactive ketones (excluding diaryl/α,β-unsaturated/α-hetero) is 4. The molecular formula is C54H32O4S3. The topological polar surface area (TPSA) is 68.3 Å². The fourth-order valence-electron chi connectivity index (χ4n) is 10.4. The van der Waals surface area contributed by atoms with Crippen LogP contribution in [0.25, 0.3) is 74.4 Å². The third-order valence-electron chi connectivity index (χ3n) is 13.7. The third-order valence-corrected chi connectivity index (χ3v) is 17.4. The second-order valence-electron chi connectivity index (χ2n) is 17.9. The van der Waals surface area contributed by atoms with Gasteiger partial charge < -0.3 is 0 Å². The van der Waals surface area contributed by atoms with E-state index in [9.17, 15) is 19.2 Å². The summed E-state index contributed by atoms with van der Waals surface area (Å²) in [5, 5.41) is 8.18. The van der Waals surface area contributed by atoms with Crippen LogP contribution in [-0.2, 0) is 10.8 Å². The van der Waals surface area contributed by atoms with Crippen molar-refractivity contribution >= 4 is 122 Å². The maximum Gasteiger partial charge on any atom is 0.197 e. The van der Waals surface area contributed by atoms with Gasteiger partial charge in [-0.15, -0.1) is 34.0 Å². The van der Waals surface area contributed by atoms with Crippen LogP contribution in [0.5, 0.6) is 0 Å². The van der Waals surface area contributed by atoms with Crippen LogP contribution < -0.4 is 0 Å². The Morgan fingerprint density at radius 1 is 0.443 bits per heavy atom. The van der Waals surface area contributed by atoms with Crippen LogP contribution in [-0.4, -0.2) is 23.1 Å². The van der Waals surface area contributed by atoms with Gasteiger partial charge in [-0.05, 0) is 138 Å². The van der Waals surface area contributed by atoms with E-state index in [0.717, 1.165) is 53.5 Å². The Morgan fingerprint density at radius 2 is 0.885 bits per heavy atom. The molecule has 3 heterocycles. The van der Waals surface area contributed by atoms with E-state index in [4.69, 9.17) is 0 Å². The third kappa shape index (κ3) is 4.63. The number of carbonyl (C=O) groups excluding carboxylic acids is 4. The van der Waals surface area contributed by atoms with Crippen molar-refractivity contribution in [1.29, 1.82) is 0 Å². The number of fused-ring (bicyclic) bond motifs is 13. The number of carbonyl (C=O) groups is 4. The average molecular weight is 841 g/mol. The molecule has 61 heavy (non-hydrogen) atoms. The maximum absolute atomic E-state index is 14.0. The fraction of sp³-hybridized carbons (Fsp3) is 0.111. The molecule has 4 nitrogen and oxygen atoms in total. The molecule has 4 aliphatic rings. The molecule has 290 valence electrons. The largest absolute Gasteiger partial charge is 0.288 e. The summed E-state index contributed by atoms with van der Waals surface area (Å²) in [6.45, 7) is 8.93. The van der Waals surface area contributed by atoms with Crippen molar-refractivity contribution in [2.75, 3.05) is 0 Å². The summed E-state index contributed by atoms with van der Waals surface area (Å²) in [6.07, 6.45) is 5.83. The molecule has 9 aromatic rings. The number of allylic oxidation sites excluding steroid dienone is 4. The van der Waals surface area contributed by atoms with Gasteiger partial charge in [-0.2, -0.15) is 0 Å². The Morgan fingerprint density at radius 3 is 1.36 bits per heavy atom. The molecule has 0 atom stereocenters. The summed E-state index contributed by atoms with van der Waals surface area (Å²) >= 11 is 5.25. The van der Waals surface area contributed by atoms with Crippen LogP contribution in [0.1, 0.15) is 95.6 Å². The van der Waals surface area contributed by atoms with Crippen LogP contribution in [0.15, 0.2) is 126 Å². The molecule has 4 aliphatic carbocycles. The SMILES string of the molecule is CC1(C)C(C=C2C(=O)c3cc4cc5ccccc5cc4cc3C2=O)=Cc2sc3c4c(sc3c21)-c1sc(C=C2C(=O)c3cc5cc6ccccc6cc5cc3C2=O)cc1C4(C)C. The van der Waals surface area contributed by atoms with Crippen molar-refractivity contribution in [3.8, 4) is 9.75 Å². The smallest absolute Gasteiger partial charge is 0.197 e. The Hall–Kier alpha value is -6.38. The van der Waals surface area contributed by atoms with Crippen molar-refractivity contribution in [3.63, 3.8) is 0 Å². The van der Waals surface area contributed by atoms with Crippen LogP contribution in [0.2, 0.25) is 0 Å². The number of hydrogen-bond donors (Lipinski definition) is 0. The van der Waals surface area contributed by atoms with Crippen LogP contribution in [0.3, 0.4) is 0 Å². The standard InChI is InChI=1S/C54H32O4S3/c1-53(2)33(21-39-45(55)35-17-29-13-25-9-5-6-10-26(25)14-30(29)18-36(35)46(39)56)22-42-43(53)50-52(60-42)44-51(61-50)49-41(54(44,3)4)24-34(59-49)23-40-47(57)37-19-31-15-27-11-7-8-12-28(27)16-32(31)20-38(37)48(40)58/h5-24H,1-4H3. The minimum Gasteiger partial charge on any atom is -0.288 e. The van der Waals surface area contributed by atoms with Crippen molar-refractivity contribution in [2.45, 2.75) is 38.5 Å². The molecule has 13 rings (SSSR count). The zero-order valence-corrected chi connectivity index (χ0v) is 35.9. The first kappa shape index (κ1) is 35.4. The molecule has 0 bridgehead atoms. The van der Waals surface area contributed by atoms with Gasteiger partial charge in [0.1, 0.15) is 0 Å². The minimum atomic E-state index is -0.440. The summed E-state index contributed by atoms with van der Waals surface area (Å²) in [6, 6.07) is 34.3. The average Bonchev–Trinajstić information content (AvgIpc) is 4.08. The van der Waals surface area contributed by atoms with E-state index in [0.29, 0.717) is 22.3 Å². The number of thiophene rings is 3. The molecule has 0 aliphatic heterocycles. The predicted molar refractivity (Wildman–Crippen MR) is 252 cm³/mol. The Balaban J connectivity index is 0.844. The Bertz CT molecular complexity index is 3620. The van der Waals surface area contributed by atoms with Crippen molar-refractivity contribution in [3.05, 3.63) is 175 Å².